The summed E-state index contributed by atoms with van der Waals surface area (Å²) < 4.78 is 6.52. The Morgan fingerprint density at radius 3 is 1.87 bits per heavy atom. The smallest absolute Gasteiger partial charge is 0.227 e. The molecule has 0 radical (unpaired) electrons. The zero-order valence-electron chi connectivity index (χ0n) is 28.3. The van der Waals surface area contributed by atoms with Gasteiger partial charge in [0.2, 0.25) is 5.89 Å². The summed E-state index contributed by atoms with van der Waals surface area (Å²) in [5.74, 6) is 0.623. The second-order valence-electron chi connectivity index (χ2n) is 13.2. The molecule has 0 atom stereocenters. The minimum Gasteiger partial charge on any atom is -0.435 e. The normalized spacial score (nSPS) is 11.5. The van der Waals surface area contributed by atoms with Gasteiger partial charge in [-0.25, -0.2) is 4.98 Å². The molecule has 10 aromatic rings. The Balaban J connectivity index is 1.08. The topological polar surface area (TPSA) is 29.3 Å². The van der Waals surface area contributed by atoms with Gasteiger partial charge < -0.3 is 9.32 Å². The first-order chi connectivity index (χ1) is 25.8. The summed E-state index contributed by atoms with van der Waals surface area (Å²) in [6, 6.07) is 68.8. The van der Waals surface area contributed by atoms with E-state index in [0.29, 0.717) is 5.89 Å². The molecular weight excluding hydrogens is 633 g/mol. The standard InChI is InChI=1S/C49H32N2O/c1-2-14-37-31-39(26-25-33(37)11-1)49-50-46-23-10-22-45(48(46)52-49)36-27-29-40(30-28-36)51(47-24-9-16-35-13-4-6-20-44(35)47)41-18-7-17-38(32-41)43-21-8-15-34-12-3-5-19-42(34)43/h1-32H. The molecule has 0 saturated carbocycles. The van der Waals surface area contributed by atoms with E-state index in [-0.39, 0.29) is 0 Å². The highest BCUT2D eigenvalue weighted by Gasteiger charge is 2.18. The summed E-state index contributed by atoms with van der Waals surface area (Å²) in [6.45, 7) is 0. The van der Waals surface area contributed by atoms with Gasteiger partial charge in [-0.05, 0) is 92.2 Å². The van der Waals surface area contributed by atoms with E-state index >= 15 is 0 Å². The SMILES string of the molecule is c1cc(-c2cccc3ccccc23)cc(N(c2ccc(-c3cccc4nc(-c5ccc6ccccc6c5)oc34)cc2)c2cccc3ccccc23)c1. The molecule has 52 heavy (non-hydrogen) atoms. The van der Waals surface area contributed by atoms with E-state index in [0.717, 1.165) is 50.2 Å². The molecule has 0 amide bonds. The van der Waals surface area contributed by atoms with E-state index < -0.39 is 0 Å². The summed E-state index contributed by atoms with van der Waals surface area (Å²) >= 11 is 0. The van der Waals surface area contributed by atoms with Crippen LogP contribution in [0.15, 0.2) is 199 Å². The van der Waals surface area contributed by atoms with Crippen LogP contribution in [0.25, 0.3) is 77.1 Å². The average Bonchev–Trinajstić information content (AvgIpc) is 3.66. The van der Waals surface area contributed by atoms with Gasteiger partial charge in [0.15, 0.2) is 5.58 Å². The maximum absolute atomic E-state index is 6.52. The fourth-order valence-corrected chi connectivity index (χ4v) is 7.53. The highest BCUT2D eigenvalue weighted by atomic mass is 16.3. The van der Waals surface area contributed by atoms with E-state index in [9.17, 15) is 0 Å². The molecule has 9 aromatic carbocycles. The van der Waals surface area contributed by atoms with Crippen LogP contribution in [0.5, 0.6) is 0 Å². The molecular formula is C49H32N2O. The van der Waals surface area contributed by atoms with Gasteiger partial charge >= 0.3 is 0 Å². The number of aromatic nitrogens is 1. The molecule has 10 rings (SSSR count). The molecule has 0 spiro atoms. The van der Waals surface area contributed by atoms with Crippen LogP contribution in [0.3, 0.4) is 0 Å². The van der Waals surface area contributed by atoms with Crippen molar-refractivity contribution in [2.75, 3.05) is 4.90 Å². The van der Waals surface area contributed by atoms with Crippen LogP contribution in [-0.4, -0.2) is 4.98 Å². The quantitative estimate of drug-likeness (QED) is 0.177. The van der Waals surface area contributed by atoms with Crippen molar-refractivity contribution in [1.82, 2.24) is 4.98 Å². The first-order valence-corrected chi connectivity index (χ1v) is 17.6. The molecule has 0 aliphatic heterocycles. The van der Waals surface area contributed by atoms with Gasteiger partial charge in [0.05, 0.1) is 5.69 Å². The van der Waals surface area contributed by atoms with E-state index in [4.69, 9.17) is 9.40 Å². The number of fused-ring (bicyclic) bond motifs is 4. The van der Waals surface area contributed by atoms with Crippen molar-refractivity contribution in [3.8, 4) is 33.7 Å². The number of para-hydroxylation sites is 1. The highest BCUT2D eigenvalue weighted by molar-refractivity contribution is 6.01. The average molecular weight is 665 g/mol. The van der Waals surface area contributed by atoms with Crippen molar-refractivity contribution in [1.29, 1.82) is 0 Å². The molecule has 244 valence electrons. The molecule has 3 heteroatoms. The predicted molar refractivity (Wildman–Crippen MR) is 218 cm³/mol. The number of anilines is 3. The number of hydrogen-bond acceptors (Lipinski definition) is 3. The van der Waals surface area contributed by atoms with Gasteiger partial charge in [0.25, 0.3) is 0 Å². The van der Waals surface area contributed by atoms with Crippen LogP contribution in [0.4, 0.5) is 17.1 Å². The Bertz CT molecular complexity index is 2910. The third-order valence-electron chi connectivity index (χ3n) is 10.1. The van der Waals surface area contributed by atoms with Gasteiger partial charge in [-0.2, -0.15) is 0 Å². The molecule has 0 saturated heterocycles. The fourth-order valence-electron chi connectivity index (χ4n) is 7.53. The number of hydrogen-bond donors (Lipinski definition) is 0. The van der Waals surface area contributed by atoms with Crippen molar-refractivity contribution in [3.05, 3.63) is 194 Å². The predicted octanol–water partition coefficient (Wildman–Crippen LogP) is 13.8. The van der Waals surface area contributed by atoms with Gasteiger partial charge in [-0.3, -0.25) is 0 Å². The van der Waals surface area contributed by atoms with Crippen molar-refractivity contribution < 1.29 is 4.42 Å². The largest absolute Gasteiger partial charge is 0.435 e. The van der Waals surface area contributed by atoms with Gasteiger partial charge in [-0.1, -0.05) is 146 Å². The lowest BCUT2D eigenvalue weighted by molar-refractivity contribution is 0.621. The number of rotatable bonds is 6. The van der Waals surface area contributed by atoms with Crippen molar-refractivity contribution in [2.45, 2.75) is 0 Å². The molecule has 0 unspecified atom stereocenters. The maximum Gasteiger partial charge on any atom is 0.227 e. The van der Waals surface area contributed by atoms with Gasteiger partial charge in [0.1, 0.15) is 5.52 Å². The molecule has 0 aliphatic rings. The summed E-state index contributed by atoms with van der Waals surface area (Å²) in [5, 5.41) is 7.23. The van der Waals surface area contributed by atoms with Gasteiger partial charge in [0, 0.05) is 27.9 Å². The Kier molecular flexibility index (Phi) is 7.14. The fraction of sp³-hybridized carbons (Fsp3) is 0. The lowest BCUT2D eigenvalue weighted by atomic mass is 9.97. The van der Waals surface area contributed by atoms with Crippen LogP contribution in [0, 0.1) is 0 Å². The van der Waals surface area contributed by atoms with E-state index in [2.05, 4.69) is 193 Å². The summed E-state index contributed by atoms with van der Waals surface area (Å²) in [5.41, 5.74) is 10.3. The number of nitrogens with zero attached hydrogens (tertiary/aromatic N) is 2. The minimum absolute atomic E-state index is 0.623. The molecule has 3 nitrogen and oxygen atoms in total. The third-order valence-corrected chi connectivity index (χ3v) is 10.1. The van der Waals surface area contributed by atoms with Crippen LogP contribution in [0.2, 0.25) is 0 Å². The molecule has 0 bridgehead atoms. The van der Waals surface area contributed by atoms with Crippen molar-refractivity contribution in [2.24, 2.45) is 0 Å². The van der Waals surface area contributed by atoms with Crippen LogP contribution in [-0.2, 0) is 0 Å². The Morgan fingerprint density at radius 1 is 0.385 bits per heavy atom. The molecule has 0 fully saturated rings. The molecule has 1 heterocycles. The molecule has 1 aromatic heterocycles. The van der Waals surface area contributed by atoms with Gasteiger partial charge in [-0.15, -0.1) is 0 Å². The lowest BCUT2D eigenvalue weighted by Gasteiger charge is -2.27. The summed E-state index contributed by atoms with van der Waals surface area (Å²) in [4.78, 5) is 7.28. The first-order valence-electron chi connectivity index (χ1n) is 17.6. The van der Waals surface area contributed by atoms with Crippen molar-refractivity contribution in [3.63, 3.8) is 0 Å². The lowest BCUT2D eigenvalue weighted by Crippen LogP contribution is -2.10. The van der Waals surface area contributed by atoms with Crippen LogP contribution < -0.4 is 4.90 Å². The minimum atomic E-state index is 0.623. The van der Waals surface area contributed by atoms with E-state index in [1.807, 2.05) is 6.07 Å². The van der Waals surface area contributed by atoms with E-state index in [1.165, 1.54) is 38.1 Å². The Hall–Kier alpha value is -6.97. The maximum atomic E-state index is 6.52. The zero-order valence-corrected chi connectivity index (χ0v) is 28.3. The molecule has 0 N–H and O–H groups in total. The van der Waals surface area contributed by atoms with E-state index in [1.54, 1.807) is 0 Å². The third kappa shape index (κ3) is 5.19. The van der Waals surface area contributed by atoms with Crippen LogP contribution >= 0.6 is 0 Å². The summed E-state index contributed by atoms with van der Waals surface area (Å²) in [6.07, 6.45) is 0. The molecule has 0 aliphatic carbocycles. The second kappa shape index (κ2) is 12.4. The van der Waals surface area contributed by atoms with Crippen molar-refractivity contribution >= 4 is 60.5 Å². The Morgan fingerprint density at radius 2 is 1.02 bits per heavy atom. The van der Waals surface area contributed by atoms with Crippen LogP contribution in [0.1, 0.15) is 0 Å². The monoisotopic (exact) mass is 664 g/mol. The Labute approximate surface area is 301 Å². The summed E-state index contributed by atoms with van der Waals surface area (Å²) in [7, 11) is 0. The number of oxazole rings is 1. The zero-order chi connectivity index (χ0) is 34.4. The first kappa shape index (κ1) is 29.9. The highest BCUT2D eigenvalue weighted by Crippen LogP contribution is 2.42. The second-order valence-corrected chi connectivity index (χ2v) is 13.2. The number of benzene rings is 9.